The fraction of sp³-hybridized carbons (Fsp3) is 1.00. The minimum Gasteiger partial charge on any atom is -0.378 e. The van der Waals surface area contributed by atoms with Crippen molar-refractivity contribution in [2.45, 2.75) is 0 Å². The van der Waals surface area contributed by atoms with Gasteiger partial charge in [-0.05, 0) is 0 Å². The monoisotopic (exact) mass is 362 g/mol. The van der Waals surface area contributed by atoms with Crippen LogP contribution in [0, 0.1) is 0 Å². The fourth-order valence-corrected chi connectivity index (χ4v) is 1.53. The van der Waals surface area contributed by atoms with Crippen LogP contribution >= 0.6 is 23.2 Å². The third kappa shape index (κ3) is 20.3. The first-order valence-corrected chi connectivity index (χ1v) is 8.57. The molecule has 0 saturated heterocycles. The highest BCUT2D eigenvalue weighted by Crippen LogP contribution is 1.85. The van der Waals surface area contributed by atoms with E-state index in [1.54, 1.807) is 0 Å². The summed E-state index contributed by atoms with van der Waals surface area (Å²) in [6.45, 7) is 6.65. The maximum Gasteiger partial charge on any atom is 0.0701 e. The molecule has 0 N–H and O–H groups in total. The summed E-state index contributed by atoms with van der Waals surface area (Å²) in [5.74, 6) is 1.02. The summed E-state index contributed by atoms with van der Waals surface area (Å²) in [7, 11) is 0. The number of hydrogen-bond acceptors (Lipinski definition) is 6. The molecular formula is C14H28Cl2O6. The first kappa shape index (κ1) is 22.3. The highest BCUT2D eigenvalue weighted by atomic mass is 35.5. The molecule has 0 aromatic carbocycles. The number of alkyl halides is 2. The molecule has 0 aliphatic carbocycles. The molecular weight excluding hydrogens is 335 g/mol. The van der Waals surface area contributed by atoms with Crippen molar-refractivity contribution in [3.05, 3.63) is 0 Å². The molecule has 6 nitrogen and oxygen atoms in total. The summed E-state index contributed by atoms with van der Waals surface area (Å²) in [5.41, 5.74) is 0. The zero-order valence-electron chi connectivity index (χ0n) is 13.1. The van der Waals surface area contributed by atoms with E-state index in [-0.39, 0.29) is 0 Å². The lowest BCUT2D eigenvalue weighted by Gasteiger charge is -2.07. The molecule has 0 aromatic heterocycles. The van der Waals surface area contributed by atoms with E-state index < -0.39 is 0 Å². The van der Waals surface area contributed by atoms with Crippen LogP contribution in [0.4, 0.5) is 0 Å². The molecule has 0 saturated carbocycles. The Hall–Kier alpha value is 0.340. The summed E-state index contributed by atoms with van der Waals surface area (Å²) in [6.07, 6.45) is 0. The first-order chi connectivity index (χ1) is 10.9. The van der Waals surface area contributed by atoms with Crippen LogP contribution in [0.25, 0.3) is 0 Å². The average molecular weight is 363 g/mol. The zero-order chi connectivity index (χ0) is 16.1. The summed E-state index contributed by atoms with van der Waals surface area (Å²) >= 11 is 10.9. The van der Waals surface area contributed by atoms with E-state index in [9.17, 15) is 0 Å². The summed E-state index contributed by atoms with van der Waals surface area (Å²) in [4.78, 5) is 0. The van der Waals surface area contributed by atoms with E-state index >= 15 is 0 Å². The molecule has 0 aromatic rings. The first-order valence-electron chi connectivity index (χ1n) is 7.50. The van der Waals surface area contributed by atoms with Crippen LogP contribution < -0.4 is 0 Å². The highest BCUT2D eigenvalue weighted by molar-refractivity contribution is 6.18. The third-order valence-electron chi connectivity index (χ3n) is 2.30. The summed E-state index contributed by atoms with van der Waals surface area (Å²) in [6, 6.07) is 0. The number of ether oxygens (including phenoxy) is 6. The highest BCUT2D eigenvalue weighted by Gasteiger charge is 1.93. The van der Waals surface area contributed by atoms with Crippen molar-refractivity contribution >= 4 is 23.2 Å². The molecule has 0 aliphatic rings. The van der Waals surface area contributed by atoms with Gasteiger partial charge in [-0.25, -0.2) is 0 Å². The lowest BCUT2D eigenvalue weighted by Crippen LogP contribution is -2.14. The van der Waals surface area contributed by atoms with Gasteiger partial charge in [-0.2, -0.15) is 0 Å². The lowest BCUT2D eigenvalue weighted by atomic mass is 10.7. The fourth-order valence-electron chi connectivity index (χ4n) is 1.31. The van der Waals surface area contributed by atoms with E-state index in [0.29, 0.717) is 91.0 Å². The van der Waals surface area contributed by atoms with E-state index in [4.69, 9.17) is 51.6 Å². The van der Waals surface area contributed by atoms with Gasteiger partial charge in [-0.15, -0.1) is 23.2 Å². The van der Waals surface area contributed by atoms with Gasteiger partial charge in [0.25, 0.3) is 0 Å². The second kappa shape index (κ2) is 21.3. The third-order valence-corrected chi connectivity index (χ3v) is 2.61. The normalized spacial score (nSPS) is 11.2. The molecule has 0 bridgehead atoms. The molecule has 0 amide bonds. The molecule has 0 unspecified atom stereocenters. The maximum atomic E-state index is 5.46. The predicted molar refractivity (Wildman–Crippen MR) is 86.4 cm³/mol. The molecule has 0 heterocycles. The van der Waals surface area contributed by atoms with Gasteiger partial charge in [-0.3, -0.25) is 0 Å². The zero-order valence-corrected chi connectivity index (χ0v) is 14.6. The average Bonchev–Trinajstić information content (AvgIpc) is 2.54. The molecule has 8 heteroatoms. The Bertz CT molecular complexity index is 180. The molecule has 0 rings (SSSR count). The van der Waals surface area contributed by atoms with Gasteiger partial charge < -0.3 is 28.4 Å². The van der Waals surface area contributed by atoms with Gasteiger partial charge in [0, 0.05) is 11.8 Å². The van der Waals surface area contributed by atoms with Gasteiger partial charge in [0.1, 0.15) is 0 Å². The molecule has 134 valence electrons. The quantitative estimate of drug-likeness (QED) is 0.257. The Morgan fingerprint density at radius 3 is 0.682 bits per heavy atom. The number of rotatable bonds is 19. The van der Waals surface area contributed by atoms with E-state index in [2.05, 4.69) is 0 Å². The lowest BCUT2D eigenvalue weighted by molar-refractivity contribution is -0.0155. The standard InChI is InChI=1S/C14H28Cl2O6/c15-1-3-17-5-7-19-9-11-21-13-14-22-12-10-20-8-6-18-4-2-16/h1-14H2. The van der Waals surface area contributed by atoms with Crippen molar-refractivity contribution in [2.24, 2.45) is 0 Å². The topological polar surface area (TPSA) is 55.4 Å². The summed E-state index contributed by atoms with van der Waals surface area (Å²) < 4.78 is 31.6. The minimum absolute atomic E-state index is 0.510. The van der Waals surface area contributed by atoms with E-state index in [0.717, 1.165) is 0 Å². The van der Waals surface area contributed by atoms with Crippen molar-refractivity contribution in [2.75, 3.05) is 91.0 Å². The van der Waals surface area contributed by atoms with Crippen LogP contribution in [0.5, 0.6) is 0 Å². The van der Waals surface area contributed by atoms with Gasteiger partial charge in [0.15, 0.2) is 0 Å². The van der Waals surface area contributed by atoms with Crippen LogP contribution in [0.2, 0.25) is 0 Å². The van der Waals surface area contributed by atoms with Gasteiger partial charge in [0.05, 0.1) is 79.3 Å². The summed E-state index contributed by atoms with van der Waals surface area (Å²) in [5, 5.41) is 0. The molecule has 0 aliphatic heterocycles. The molecule has 22 heavy (non-hydrogen) atoms. The Balaban J connectivity index is 2.91. The molecule has 0 fully saturated rings. The van der Waals surface area contributed by atoms with Crippen LogP contribution in [0.15, 0.2) is 0 Å². The Kier molecular flexibility index (Phi) is 21.7. The minimum atomic E-state index is 0.510. The van der Waals surface area contributed by atoms with Crippen LogP contribution in [-0.2, 0) is 28.4 Å². The molecule has 0 spiro atoms. The van der Waals surface area contributed by atoms with E-state index in [1.807, 2.05) is 0 Å². The van der Waals surface area contributed by atoms with Gasteiger partial charge in [0.2, 0.25) is 0 Å². The van der Waals surface area contributed by atoms with Crippen molar-refractivity contribution in [3.8, 4) is 0 Å². The molecule has 0 atom stereocenters. The second-order valence-electron chi connectivity index (χ2n) is 4.05. The van der Waals surface area contributed by atoms with Crippen LogP contribution in [0.1, 0.15) is 0 Å². The Morgan fingerprint density at radius 2 is 0.500 bits per heavy atom. The van der Waals surface area contributed by atoms with Crippen molar-refractivity contribution < 1.29 is 28.4 Å². The molecule has 0 radical (unpaired) electrons. The smallest absolute Gasteiger partial charge is 0.0701 e. The number of halogens is 2. The van der Waals surface area contributed by atoms with Gasteiger partial charge in [-0.1, -0.05) is 0 Å². The number of hydrogen-bond donors (Lipinski definition) is 0. The largest absolute Gasteiger partial charge is 0.378 e. The SMILES string of the molecule is ClCCOCCOCCOCCOCCOCCOCCCl. The second-order valence-corrected chi connectivity index (χ2v) is 4.81. The predicted octanol–water partition coefficient (Wildman–Crippen LogP) is 1.56. The van der Waals surface area contributed by atoms with Crippen molar-refractivity contribution in [1.29, 1.82) is 0 Å². The maximum absolute atomic E-state index is 5.46. The van der Waals surface area contributed by atoms with Crippen molar-refractivity contribution in [3.63, 3.8) is 0 Å². The Morgan fingerprint density at radius 1 is 0.318 bits per heavy atom. The van der Waals surface area contributed by atoms with Crippen LogP contribution in [-0.4, -0.2) is 91.0 Å². The Labute approximate surface area is 143 Å². The van der Waals surface area contributed by atoms with Crippen LogP contribution in [0.3, 0.4) is 0 Å². The van der Waals surface area contributed by atoms with Crippen molar-refractivity contribution in [1.82, 2.24) is 0 Å². The van der Waals surface area contributed by atoms with E-state index in [1.165, 1.54) is 0 Å². The van der Waals surface area contributed by atoms with Gasteiger partial charge >= 0.3 is 0 Å².